The third-order valence-electron chi connectivity index (χ3n) is 4.30. The average molecular weight is 363 g/mol. The standard InChI is InChI=1S/C17H19NO4S2/c19-17(20)16-15(10-11-23-16)18-24(21,22)14-8-6-13(7-9-14)12-4-2-1-3-5-12/h6-12,19-20H,1-5H2/p-2/b18-15+. The second kappa shape index (κ2) is 7.03. The Morgan fingerprint density at radius 1 is 1.08 bits per heavy atom. The van der Waals surface area contributed by atoms with Crippen LogP contribution in [0.2, 0.25) is 0 Å². The molecule has 1 aromatic rings. The Morgan fingerprint density at radius 3 is 2.38 bits per heavy atom. The quantitative estimate of drug-likeness (QED) is 0.766. The first-order valence-corrected chi connectivity index (χ1v) is 10.2. The first kappa shape index (κ1) is 17.1. The molecule has 0 radical (unpaired) electrons. The first-order valence-electron chi connectivity index (χ1n) is 7.84. The molecule has 1 aromatic carbocycles. The number of benzene rings is 1. The normalized spacial score (nSPS) is 20.7. The predicted octanol–water partition coefficient (Wildman–Crippen LogP) is 2.01. The molecule has 1 aliphatic heterocycles. The number of allylic oxidation sites excluding steroid dienone is 2. The molecule has 0 atom stereocenters. The van der Waals surface area contributed by atoms with Crippen LogP contribution in [-0.2, 0) is 10.0 Å². The lowest BCUT2D eigenvalue weighted by molar-refractivity contribution is -0.513. The monoisotopic (exact) mass is 363 g/mol. The van der Waals surface area contributed by atoms with Crippen LogP contribution >= 0.6 is 11.8 Å². The summed E-state index contributed by atoms with van der Waals surface area (Å²) in [5.41, 5.74) is 1.07. The molecule has 24 heavy (non-hydrogen) atoms. The third kappa shape index (κ3) is 3.67. The van der Waals surface area contributed by atoms with Crippen LogP contribution < -0.4 is 10.2 Å². The van der Waals surface area contributed by atoms with Crippen molar-refractivity contribution in [3.05, 3.63) is 52.2 Å². The second-order valence-electron chi connectivity index (χ2n) is 5.89. The highest BCUT2D eigenvalue weighted by Crippen LogP contribution is 2.33. The van der Waals surface area contributed by atoms with Crippen molar-refractivity contribution >= 4 is 27.5 Å². The van der Waals surface area contributed by atoms with Gasteiger partial charge in [0, 0.05) is 4.91 Å². The van der Waals surface area contributed by atoms with E-state index in [1.807, 2.05) is 12.1 Å². The Bertz CT molecular complexity index is 797. The van der Waals surface area contributed by atoms with E-state index in [2.05, 4.69) is 4.40 Å². The van der Waals surface area contributed by atoms with Crippen LogP contribution in [0.5, 0.6) is 0 Å². The summed E-state index contributed by atoms with van der Waals surface area (Å²) in [7, 11) is -3.95. The molecule has 0 unspecified atom stereocenters. The molecule has 0 saturated heterocycles. The van der Waals surface area contributed by atoms with E-state index >= 15 is 0 Å². The molecule has 0 bridgehead atoms. The van der Waals surface area contributed by atoms with E-state index in [0.29, 0.717) is 5.92 Å². The van der Waals surface area contributed by atoms with Crippen LogP contribution in [0.3, 0.4) is 0 Å². The van der Waals surface area contributed by atoms with Gasteiger partial charge in [-0.05, 0) is 47.9 Å². The topological polar surface area (TPSA) is 92.6 Å². The van der Waals surface area contributed by atoms with Gasteiger partial charge in [0.15, 0.2) is 0 Å². The van der Waals surface area contributed by atoms with Gasteiger partial charge in [-0.15, -0.1) is 0 Å². The van der Waals surface area contributed by atoms with Crippen LogP contribution in [0.1, 0.15) is 43.6 Å². The summed E-state index contributed by atoms with van der Waals surface area (Å²) < 4.78 is 28.4. The Morgan fingerprint density at radius 2 is 1.75 bits per heavy atom. The summed E-state index contributed by atoms with van der Waals surface area (Å²) in [6.07, 6.45) is 7.34. The van der Waals surface area contributed by atoms with E-state index in [1.54, 1.807) is 12.1 Å². The summed E-state index contributed by atoms with van der Waals surface area (Å²) in [5, 5.41) is 23.4. The van der Waals surface area contributed by atoms with Crippen molar-refractivity contribution in [2.24, 2.45) is 4.40 Å². The highest BCUT2D eigenvalue weighted by atomic mass is 32.2. The van der Waals surface area contributed by atoms with Gasteiger partial charge in [0.25, 0.3) is 10.0 Å². The predicted molar refractivity (Wildman–Crippen MR) is 90.6 cm³/mol. The van der Waals surface area contributed by atoms with Crippen LogP contribution in [0, 0.1) is 0 Å². The Hall–Kier alpha value is -1.73. The molecule has 1 saturated carbocycles. The van der Waals surface area contributed by atoms with E-state index in [1.165, 1.54) is 30.7 Å². The van der Waals surface area contributed by atoms with Gasteiger partial charge in [-0.25, -0.2) is 0 Å². The van der Waals surface area contributed by atoms with Gasteiger partial charge in [0.05, 0.1) is 10.6 Å². The molecule has 128 valence electrons. The fourth-order valence-electron chi connectivity index (χ4n) is 3.06. The molecule has 5 nitrogen and oxygen atoms in total. The zero-order chi connectivity index (χ0) is 17.2. The summed E-state index contributed by atoms with van der Waals surface area (Å²) in [4.78, 5) is -0.116. The Labute approximate surface area is 145 Å². The lowest BCUT2D eigenvalue weighted by atomic mass is 9.84. The van der Waals surface area contributed by atoms with Crippen molar-refractivity contribution in [2.75, 3.05) is 0 Å². The summed E-state index contributed by atoms with van der Waals surface area (Å²) in [5.74, 6) is -0.930. The summed E-state index contributed by atoms with van der Waals surface area (Å²) >= 11 is 0.895. The van der Waals surface area contributed by atoms with Crippen LogP contribution in [0.4, 0.5) is 0 Å². The zero-order valence-corrected chi connectivity index (χ0v) is 14.6. The number of rotatable bonds is 3. The molecule has 1 aliphatic carbocycles. The molecule has 7 heteroatoms. The lowest BCUT2D eigenvalue weighted by Crippen LogP contribution is -2.22. The van der Waals surface area contributed by atoms with Gasteiger partial charge >= 0.3 is 0 Å². The number of nitrogens with zero attached hydrogens (tertiary/aromatic N) is 1. The van der Waals surface area contributed by atoms with Crippen molar-refractivity contribution in [3.8, 4) is 0 Å². The minimum atomic E-state index is -3.95. The van der Waals surface area contributed by atoms with E-state index < -0.39 is 16.0 Å². The van der Waals surface area contributed by atoms with Gasteiger partial charge in [0.1, 0.15) is 0 Å². The average Bonchev–Trinajstić information content (AvgIpc) is 3.03. The minimum Gasteiger partial charge on any atom is -0.883 e. The van der Waals surface area contributed by atoms with Gasteiger partial charge in [-0.2, -0.15) is 18.8 Å². The first-order chi connectivity index (χ1) is 11.5. The molecule has 0 spiro atoms. The van der Waals surface area contributed by atoms with Crippen molar-refractivity contribution < 1.29 is 18.6 Å². The Balaban J connectivity index is 1.85. The zero-order valence-electron chi connectivity index (χ0n) is 13.0. The lowest BCUT2D eigenvalue weighted by Gasteiger charge is -2.22. The fourth-order valence-corrected chi connectivity index (χ4v) is 4.78. The largest absolute Gasteiger partial charge is 0.883 e. The molecular weight excluding hydrogens is 346 g/mol. The van der Waals surface area contributed by atoms with Crippen molar-refractivity contribution in [2.45, 2.75) is 42.9 Å². The molecule has 2 aliphatic rings. The highest BCUT2D eigenvalue weighted by molar-refractivity contribution is 8.07. The number of hydrogen-bond donors (Lipinski definition) is 0. The summed E-state index contributed by atoms with van der Waals surface area (Å²) in [6.45, 7) is 0. The maximum absolute atomic E-state index is 12.4. The number of sulfonamides is 1. The van der Waals surface area contributed by atoms with Crippen molar-refractivity contribution in [1.29, 1.82) is 0 Å². The molecule has 3 rings (SSSR count). The molecule has 1 fully saturated rings. The van der Waals surface area contributed by atoms with E-state index in [9.17, 15) is 18.6 Å². The van der Waals surface area contributed by atoms with E-state index in [-0.39, 0.29) is 15.5 Å². The maximum atomic E-state index is 12.4. The highest BCUT2D eigenvalue weighted by Gasteiger charge is 2.19. The van der Waals surface area contributed by atoms with Gasteiger partial charge in [0.2, 0.25) is 0 Å². The molecule has 1 heterocycles. The maximum Gasteiger partial charge on any atom is 0.282 e. The molecule has 0 aromatic heterocycles. The smallest absolute Gasteiger partial charge is 0.282 e. The van der Waals surface area contributed by atoms with Gasteiger partial charge < -0.3 is 10.2 Å². The minimum absolute atomic E-state index is 0.0672. The van der Waals surface area contributed by atoms with Gasteiger partial charge in [-0.1, -0.05) is 43.2 Å². The van der Waals surface area contributed by atoms with Crippen molar-refractivity contribution in [3.63, 3.8) is 0 Å². The van der Waals surface area contributed by atoms with Crippen molar-refractivity contribution in [1.82, 2.24) is 0 Å². The van der Waals surface area contributed by atoms with E-state index in [0.717, 1.165) is 30.2 Å². The molecular formula is C17H17NO4S2-2. The van der Waals surface area contributed by atoms with Crippen LogP contribution in [0.15, 0.2) is 55.9 Å². The second-order valence-corrected chi connectivity index (χ2v) is 8.41. The molecule has 0 amide bonds. The number of thioether (sulfide) groups is 1. The third-order valence-corrected chi connectivity index (χ3v) is 6.49. The Kier molecular flexibility index (Phi) is 5.01. The van der Waals surface area contributed by atoms with Crippen LogP contribution in [-0.4, -0.2) is 14.1 Å². The van der Waals surface area contributed by atoms with Gasteiger partial charge in [-0.3, -0.25) is 0 Å². The fraction of sp³-hybridized carbons (Fsp3) is 0.353. The summed E-state index contributed by atoms with van der Waals surface area (Å²) in [6, 6.07) is 6.78. The number of hydrogen-bond acceptors (Lipinski definition) is 5. The molecule has 0 N–H and O–H groups in total. The SMILES string of the molecule is O=S(=O)(/N=C1\C=CSC1=C([O-])[O-])c1ccc(C2CCCCC2)cc1. The van der Waals surface area contributed by atoms with E-state index in [4.69, 9.17) is 0 Å². The van der Waals surface area contributed by atoms with Crippen LogP contribution in [0.25, 0.3) is 0 Å².